The number of nitrogen functional groups attached to an aromatic ring is 1. The maximum absolute atomic E-state index is 11.1. The Kier molecular flexibility index (Phi) is 3.28. The van der Waals surface area contributed by atoms with Gasteiger partial charge in [-0.1, -0.05) is 0 Å². The summed E-state index contributed by atoms with van der Waals surface area (Å²) in [5, 5.41) is 9.37. The summed E-state index contributed by atoms with van der Waals surface area (Å²) in [6, 6.07) is 4.93. The monoisotopic (exact) mass is 255 g/mol. The fourth-order valence-corrected chi connectivity index (χ4v) is 3.04. The van der Waals surface area contributed by atoms with Crippen molar-refractivity contribution in [1.82, 2.24) is 9.97 Å². The van der Waals surface area contributed by atoms with Gasteiger partial charge in [0, 0.05) is 10.9 Å². The molecule has 0 unspecified atom stereocenters. The number of aromatic amines is 1. The highest BCUT2D eigenvalue weighted by Crippen LogP contribution is 2.31. The van der Waals surface area contributed by atoms with Gasteiger partial charge in [0.05, 0.1) is 10.8 Å². The Labute approximate surface area is 99.4 Å². The number of H-pyrrole nitrogens is 1. The molecule has 84 valence electrons. The second-order valence-electron chi connectivity index (χ2n) is 2.96. The number of hydrogen-bond acceptors (Lipinski definition) is 6. The van der Waals surface area contributed by atoms with Crippen LogP contribution >= 0.6 is 23.1 Å². The number of rotatable bonds is 3. The van der Waals surface area contributed by atoms with Crippen LogP contribution in [0.1, 0.15) is 4.88 Å². The predicted molar refractivity (Wildman–Crippen MR) is 63.6 cm³/mol. The molecule has 0 spiro atoms. The van der Waals surface area contributed by atoms with Gasteiger partial charge >= 0.3 is 0 Å². The Morgan fingerprint density at radius 1 is 1.56 bits per heavy atom. The lowest BCUT2D eigenvalue weighted by Crippen LogP contribution is -2.09. The Morgan fingerprint density at radius 3 is 3.00 bits per heavy atom. The molecule has 5 nitrogen and oxygen atoms in total. The van der Waals surface area contributed by atoms with Gasteiger partial charge in [-0.15, -0.1) is 11.3 Å². The summed E-state index contributed by atoms with van der Waals surface area (Å²) < 4.78 is 0.942. The SMILES string of the molecule is Nc1cc(=O)[nH]c(Sc2ccc(CO)s2)n1. The molecule has 7 heteroatoms. The quantitative estimate of drug-likeness (QED) is 0.713. The van der Waals surface area contributed by atoms with Crippen molar-refractivity contribution in [3.63, 3.8) is 0 Å². The predicted octanol–water partition coefficient (Wildman–Crippen LogP) is 1.06. The summed E-state index contributed by atoms with van der Waals surface area (Å²) in [7, 11) is 0. The average molecular weight is 255 g/mol. The van der Waals surface area contributed by atoms with Crippen LogP contribution in [0.15, 0.2) is 32.4 Å². The zero-order valence-electron chi connectivity index (χ0n) is 8.14. The summed E-state index contributed by atoms with van der Waals surface area (Å²) >= 11 is 2.76. The van der Waals surface area contributed by atoms with Crippen LogP contribution in [0.5, 0.6) is 0 Å². The van der Waals surface area contributed by atoms with Crippen LogP contribution in [0, 0.1) is 0 Å². The standard InChI is InChI=1S/C9H9N3O2S2/c10-6-3-7(14)12-9(11-6)16-8-2-1-5(4-13)15-8/h1-3,13H,4H2,(H3,10,11,12,14). The van der Waals surface area contributed by atoms with Crippen molar-refractivity contribution in [2.24, 2.45) is 0 Å². The van der Waals surface area contributed by atoms with E-state index in [2.05, 4.69) is 9.97 Å². The van der Waals surface area contributed by atoms with Crippen molar-refractivity contribution in [3.8, 4) is 0 Å². The third-order valence-corrected chi connectivity index (χ3v) is 3.82. The highest BCUT2D eigenvalue weighted by molar-refractivity contribution is 8.01. The molecule has 0 bridgehead atoms. The van der Waals surface area contributed by atoms with E-state index in [0.29, 0.717) is 5.16 Å². The molecule has 0 amide bonds. The zero-order chi connectivity index (χ0) is 11.5. The fourth-order valence-electron chi connectivity index (χ4n) is 1.09. The number of nitrogens with two attached hydrogens (primary N) is 1. The molecular formula is C9H9N3O2S2. The van der Waals surface area contributed by atoms with Crippen molar-refractivity contribution in [2.75, 3.05) is 5.73 Å². The van der Waals surface area contributed by atoms with E-state index in [-0.39, 0.29) is 18.0 Å². The van der Waals surface area contributed by atoms with Gasteiger partial charge in [-0.05, 0) is 23.9 Å². The van der Waals surface area contributed by atoms with Gasteiger partial charge in [-0.25, -0.2) is 4.98 Å². The second kappa shape index (κ2) is 4.69. The number of aromatic nitrogens is 2. The summed E-state index contributed by atoms with van der Waals surface area (Å²) in [5.74, 6) is 0.199. The molecule has 0 saturated heterocycles. The van der Waals surface area contributed by atoms with Gasteiger partial charge < -0.3 is 15.8 Å². The number of thiophene rings is 1. The molecule has 0 aliphatic heterocycles. The molecule has 0 radical (unpaired) electrons. The highest BCUT2D eigenvalue weighted by Gasteiger charge is 2.04. The van der Waals surface area contributed by atoms with E-state index < -0.39 is 0 Å². The topological polar surface area (TPSA) is 92.0 Å². The Morgan fingerprint density at radius 2 is 2.38 bits per heavy atom. The van der Waals surface area contributed by atoms with Gasteiger partial charge in [0.1, 0.15) is 5.82 Å². The van der Waals surface area contributed by atoms with E-state index >= 15 is 0 Å². The molecule has 0 aliphatic rings. The zero-order valence-corrected chi connectivity index (χ0v) is 9.77. The van der Waals surface area contributed by atoms with Crippen LogP contribution in [-0.4, -0.2) is 15.1 Å². The van der Waals surface area contributed by atoms with Crippen molar-refractivity contribution in [2.45, 2.75) is 16.0 Å². The second-order valence-corrected chi connectivity index (χ2v) is 5.41. The lowest BCUT2D eigenvalue weighted by Gasteiger charge is -1.98. The molecule has 2 aromatic rings. The lowest BCUT2D eigenvalue weighted by atomic mass is 10.5. The number of aliphatic hydroxyl groups excluding tert-OH is 1. The number of hydrogen-bond donors (Lipinski definition) is 3. The molecule has 0 saturated carbocycles. The van der Waals surface area contributed by atoms with E-state index in [1.54, 1.807) is 0 Å². The first-order chi connectivity index (χ1) is 7.67. The Hall–Kier alpha value is -1.31. The van der Waals surface area contributed by atoms with Crippen LogP contribution < -0.4 is 11.3 Å². The van der Waals surface area contributed by atoms with Crippen molar-refractivity contribution >= 4 is 28.9 Å². The number of nitrogens with one attached hydrogen (secondary N) is 1. The summed E-state index contributed by atoms with van der Waals surface area (Å²) in [5.41, 5.74) is 5.19. The molecule has 0 aliphatic carbocycles. The normalized spacial score (nSPS) is 10.6. The first kappa shape index (κ1) is 11.2. The van der Waals surface area contributed by atoms with Gasteiger partial charge in [0.25, 0.3) is 5.56 Å². The minimum absolute atomic E-state index is 0.0199. The van der Waals surface area contributed by atoms with E-state index in [4.69, 9.17) is 10.8 Å². The fraction of sp³-hybridized carbons (Fsp3) is 0.111. The molecule has 2 rings (SSSR count). The number of nitrogens with zero attached hydrogens (tertiary/aromatic N) is 1. The molecular weight excluding hydrogens is 246 g/mol. The molecule has 0 aromatic carbocycles. The third-order valence-electron chi connectivity index (χ3n) is 1.73. The highest BCUT2D eigenvalue weighted by atomic mass is 32.2. The van der Waals surface area contributed by atoms with E-state index in [9.17, 15) is 4.79 Å². The maximum Gasteiger partial charge on any atom is 0.253 e. The Balaban J connectivity index is 2.23. The van der Waals surface area contributed by atoms with Gasteiger partial charge in [0.2, 0.25) is 0 Å². The van der Waals surface area contributed by atoms with Crippen LogP contribution in [-0.2, 0) is 6.61 Å². The Bertz CT molecular complexity index is 550. The summed E-state index contributed by atoms with van der Waals surface area (Å²) in [4.78, 5) is 18.6. The molecule has 16 heavy (non-hydrogen) atoms. The maximum atomic E-state index is 11.1. The minimum Gasteiger partial charge on any atom is -0.391 e. The first-order valence-electron chi connectivity index (χ1n) is 4.41. The average Bonchev–Trinajstić information content (AvgIpc) is 2.64. The summed E-state index contributed by atoms with van der Waals surface area (Å²) in [6.45, 7) is 0.0199. The number of anilines is 1. The van der Waals surface area contributed by atoms with Crippen LogP contribution in [0.3, 0.4) is 0 Å². The van der Waals surface area contributed by atoms with Crippen molar-refractivity contribution in [3.05, 3.63) is 33.4 Å². The number of aliphatic hydroxyl groups is 1. The minimum atomic E-state index is -0.270. The first-order valence-corrected chi connectivity index (χ1v) is 6.05. The molecule has 4 N–H and O–H groups in total. The molecule has 0 atom stereocenters. The van der Waals surface area contributed by atoms with Crippen molar-refractivity contribution in [1.29, 1.82) is 0 Å². The van der Waals surface area contributed by atoms with E-state index in [1.807, 2.05) is 12.1 Å². The van der Waals surface area contributed by atoms with E-state index in [0.717, 1.165) is 9.09 Å². The van der Waals surface area contributed by atoms with Crippen LogP contribution in [0.2, 0.25) is 0 Å². The molecule has 2 heterocycles. The van der Waals surface area contributed by atoms with Gasteiger partial charge in [0.15, 0.2) is 5.16 Å². The lowest BCUT2D eigenvalue weighted by molar-refractivity contribution is 0.285. The van der Waals surface area contributed by atoms with Crippen LogP contribution in [0.4, 0.5) is 5.82 Å². The van der Waals surface area contributed by atoms with Crippen molar-refractivity contribution < 1.29 is 5.11 Å². The van der Waals surface area contributed by atoms with Gasteiger partial charge in [-0.3, -0.25) is 4.79 Å². The van der Waals surface area contributed by atoms with Gasteiger partial charge in [-0.2, -0.15) is 0 Å². The largest absolute Gasteiger partial charge is 0.391 e. The smallest absolute Gasteiger partial charge is 0.253 e. The summed E-state index contributed by atoms with van der Waals surface area (Å²) in [6.07, 6.45) is 0. The third kappa shape index (κ3) is 2.63. The van der Waals surface area contributed by atoms with Crippen LogP contribution in [0.25, 0.3) is 0 Å². The molecule has 2 aromatic heterocycles. The molecule has 0 fully saturated rings. The van der Waals surface area contributed by atoms with E-state index in [1.165, 1.54) is 29.2 Å².